The van der Waals surface area contributed by atoms with Crippen molar-refractivity contribution in [2.45, 2.75) is 19.8 Å². The molecule has 0 fully saturated rings. The van der Waals surface area contributed by atoms with Crippen LogP contribution >= 0.6 is 0 Å². The molecule has 3 rings (SSSR count). The van der Waals surface area contributed by atoms with E-state index in [9.17, 15) is 15.3 Å². The van der Waals surface area contributed by atoms with Gasteiger partial charge in [0, 0.05) is 25.5 Å². The van der Waals surface area contributed by atoms with E-state index >= 15 is 0 Å². The normalized spacial score (nSPS) is 14.6. The van der Waals surface area contributed by atoms with Crippen molar-refractivity contribution in [3.8, 4) is 18.0 Å². The highest BCUT2D eigenvalue weighted by Gasteiger charge is 2.30. The number of hydrogen-bond donors (Lipinski definition) is 2. The fourth-order valence-corrected chi connectivity index (χ4v) is 3.06. The van der Waals surface area contributed by atoms with Crippen LogP contribution in [0.15, 0.2) is 40.7 Å². The van der Waals surface area contributed by atoms with E-state index in [1.165, 1.54) is 4.90 Å². The van der Waals surface area contributed by atoms with Crippen LogP contribution < -0.4 is 10.1 Å². The maximum atomic E-state index is 11.9. The summed E-state index contributed by atoms with van der Waals surface area (Å²) in [6.07, 6.45) is -0.544. The molecule has 0 spiro atoms. The lowest BCUT2D eigenvalue weighted by molar-refractivity contribution is 0.170. The molecule has 2 aromatic rings. The van der Waals surface area contributed by atoms with Gasteiger partial charge in [-0.15, -0.1) is 5.10 Å². The fourth-order valence-electron chi connectivity index (χ4n) is 3.06. The number of nitriles is 2. The van der Waals surface area contributed by atoms with Gasteiger partial charge in [-0.25, -0.2) is 4.79 Å². The Morgan fingerprint density at radius 1 is 1.19 bits per heavy atom. The third kappa shape index (κ3) is 3.09. The minimum Gasteiger partial charge on any atom is -0.389 e. The van der Waals surface area contributed by atoms with Crippen molar-refractivity contribution in [1.29, 1.82) is 10.5 Å². The number of amides is 1. The molecule has 1 aliphatic rings. The van der Waals surface area contributed by atoms with Gasteiger partial charge in [-0.05, 0) is 31.5 Å². The van der Waals surface area contributed by atoms with Crippen LogP contribution in [0.1, 0.15) is 25.3 Å². The Labute approximate surface area is 156 Å². The first kappa shape index (κ1) is 18.0. The molecule has 0 unspecified atom stereocenters. The molecule has 8 nitrogen and oxygen atoms in total. The molecule has 8 heteroatoms. The lowest BCUT2D eigenvalue weighted by atomic mass is 9.81. The van der Waals surface area contributed by atoms with Gasteiger partial charge >= 0.3 is 6.09 Å². The molecule has 0 bridgehead atoms. The largest absolute Gasteiger partial charge is 0.416 e. The quantitative estimate of drug-likeness (QED) is 0.848. The van der Waals surface area contributed by atoms with Crippen molar-refractivity contribution >= 4 is 17.0 Å². The zero-order chi connectivity index (χ0) is 19.7. The molecule has 27 heavy (non-hydrogen) atoms. The van der Waals surface area contributed by atoms with Gasteiger partial charge in [-0.2, -0.15) is 10.5 Å². The molecule has 1 aromatic heterocycles. The van der Waals surface area contributed by atoms with Gasteiger partial charge in [0.05, 0.1) is 40.1 Å². The average molecular weight is 362 g/mol. The van der Waals surface area contributed by atoms with Crippen molar-refractivity contribution in [2.75, 3.05) is 14.1 Å². The van der Waals surface area contributed by atoms with Gasteiger partial charge in [0.2, 0.25) is 0 Å². The second-order valence-corrected chi connectivity index (χ2v) is 6.46. The fraction of sp³-hybridized carbons (Fsp3) is 0.263. The molecular formula is C19H18N6O2. The molecule has 0 atom stereocenters. The number of aromatic amines is 1. The molecule has 2 N–H and O–H groups in total. The number of carbonyl (C=O) groups excluding carboxylic acids is 1. The number of rotatable bonds is 2. The van der Waals surface area contributed by atoms with Crippen LogP contribution in [0.3, 0.4) is 0 Å². The van der Waals surface area contributed by atoms with Crippen molar-refractivity contribution < 1.29 is 9.53 Å². The molecule has 0 saturated heterocycles. The van der Waals surface area contributed by atoms with E-state index in [0.29, 0.717) is 33.4 Å². The first-order valence-electron chi connectivity index (χ1n) is 8.23. The highest BCUT2D eigenvalue weighted by Crippen LogP contribution is 2.39. The Bertz CT molecular complexity index is 1040. The number of benzene rings is 1. The Balaban J connectivity index is 2.13. The molecule has 0 radical (unpaired) electrons. The number of dihydropyridines is 1. The summed E-state index contributed by atoms with van der Waals surface area (Å²) in [5.41, 5.74) is 3.82. The van der Waals surface area contributed by atoms with Gasteiger partial charge in [-0.3, -0.25) is 5.10 Å². The summed E-state index contributed by atoms with van der Waals surface area (Å²) in [7, 11) is 3.16. The van der Waals surface area contributed by atoms with Crippen molar-refractivity contribution in [1.82, 2.24) is 20.4 Å². The van der Waals surface area contributed by atoms with Crippen LogP contribution in [0, 0.1) is 22.7 Å². The van der Waals surface area contributed by atoms with Crippen LogP contribution in [0.25, 0.3) is 10.9 Å². The third-order valence-corrected chi connectivity index (χ3v) is 4.44. The van der Waals surface area contributed by atoms with Crippen molar-refractivity contribution in [3.05, 3.63) is 46.3 Å². The standard InChI is InChI=1S/C19H18N6O2/c1-10-14(8-20)17(15(9-21)11(2)22-10)12-5-6-16-13(7-12)18(24-23-16)27-19(26)25(3)4/h5-7,17,22H,1-4H3,(H,23,24). The molecule has 136 valence electrons. The molecule has 1 amide bonds. The van der Waals surface area contributed by atoms with Crippen LogP contribution in [-0.4, -0.2) is 35.3 Å². The predicted octanol–water partition coefficient (Wildman–Crippen LogP) is 2.91. The zero-order valence-corrected chi connectivity index (χ0v) is 15.4. The highest BCUT2D eigenvalue weighted by molar-refractivity contribution is 5.87. The number of carbonyl (C=O) groups is 1. The summed E-state index contributed by atoms with van der Waals surface area (Å²) in [6.45, 7) is 3.62. The van der Waals surface area contributed by atoms with Crippen molar-refractivity contribution in [2.24, 2.45) is 0 Å². The van der Waals surface area contributed by atoms with Crippen LogP contribution in [-0.2, 0) is 0 Å². The second kappa shape index (κ2) is 6.85. The van der Waals surface area contributed by atoms with Crippen molar-refractivity contribution in [3.63, 3.8) is 0 Å². The topological polar surface area (TPSA) is 118 Å². The lowest BCUT2D eigenvalue weighted by Crippen LogP contribution is -2.25. The Hall–Kier alpha value is -3.78. The number of nitrogens with one attached hydrogen (secondary N) is 2. The first-order valence-corrected chi connectivity index (χ1v) is 8.23. The number of hydrogen-bond acceptors (Lipinski definition) is 6. The Morgan fingerprint density at radius 3 is 2.37 bits per heavy atom. The summed E-state index contributed by atoms with van der Waals surface area (Å²) in [5, 5.41) is 29.8. The molecule has 2 heterocycles. The first-order chi connectivity index (χ1) is 12.9. The minimum atomic E-state index is -0.544. The van der Waals surface area contributed by atoms with Gasteiger partial charge < -0.3 is 15.0 Å². The predicted molar refractivity (Wildman–Crippen MR) is 98.3 cm³/mol. The number of H-pyrrole nitrogens is 1. The zero-order valence-electron chi connectivity index (χ0n) is 15.4. The Morgan fingerprint density at radius 2 is 1.81 bits per heavy atom. The number of nitrogens with zero attached hydrogens (tertiary/aromatic N) is 4. The molecule has 0 saturated carbocycles. The summed E-state index contributed by atoms with van der Waals surface area (Å²) < 4.78 is 5.30. The number of fused-ring (bicyclic) bond motifs is 1. The number of ether oxygens (including phenoxy) is 1. The van der Waals surface area contributed by atoms with Gasteiger partial charge in [-0.1, -0.05) is 6.07 Å². The van der Waals surface area contributed by atoms with E-state index in [1.807, 2.05) is 19.9 Å². The van der Waals surface area contributed by atoms with Gasteiger partial charge in [0.1, 0.15) is 0 Å². The summed E-state index contributed by atoms with van der Waals surface area (Å²) in [6, 6.07) is 9.84. The molecule has 1 aliphatic heterocycles. The molecule has 0 aliphatic carbocycles. The van der Waals surface area contributed by atoms with E-state index in [1.54, 1.807) is 26.2 Å². The monoisotopic (exact) mass is 362 g/mol. The van der Waals surface area contributed by atoms with E-state index in [2.05, 4.69) is 27.7 Å². The van der Waals surface area contributed by atoms with E-state index in [0.717, 1.165) is 5.56 Å². The minimum absolute atomic E-state index is 0.151. The van der Waals surface area contributed by atoms with E-state index in [-0.39, 0.29) is 5.88 Å². The van der Waals surface area contributed by atoms with Crippen LogP contribution in [0.5, 0.6) is 5.88 Å². The number of allylic oxidation sites excluding steroid dienone is 4. The molecular weight excluding hydrogens is 344 g/mol. The van der Waals surface area contributed by atoms with Gasteiger partial charge in [0.15, 0.2) is 0 Å². The summed E-state index contributed by atoms with van der Waals surface area (Å²) in [5.74, 6) is -0.337. The summed E-state index contributed by atoms with van der Waals surface area (Å²) >= 11 is 0. The van der Waals surface area contributed by atoms with Crippen LogP contribution in [0.4, 0.5) is 4.79 Å². The second-order valence-electron chi connectivity index (χ2n) is 6.46. The SMILES string of the molecule is CC1=C(C#N)C(c2ccc3[nH]nc(OC(=O)N(C)C)c3c2)C(C#N)=C(C)N1. The highest BCUT2D eigenvalue weighted by atomic mass is 16.6. The Kier molecular flexibility index (Phi) is 4.57. The summed E-state index contributed by atoms with van der Waals surface area (Å²) in [4.78, 5) is 13.2. The smallest absolute Gasteiger partial charge is 0.389 e. The third-order valence-electron chi connectivity index (χ3n) is 4.44. The average Bonchev–Trinajstić information content (AvgIpc) is 3.03. The van der Waals surface area contributed by atoms with Crippen LogP contribution in [0.2, 0.25) is 0 Å². The van der Waals surface area contributed by atoms with Gasteiger partial charge in [0.25, 0.3) is 5.88 Å². The maximum absolute atomic E-state index is 11.9. The maximum Gasteiger partial charge on any atom is 0.416 e. The lowest BCUT2D eigenvalue weighted by Gasteiger charge is -2.26. The number of aromatic nitrogens is 2. The van der Waals surface area contributed by atoms with E-state index < -0.39 is 12.0 Å². The molecule has 1 aromatic carbocycles. The van der Waals surface area contributed by atoms with E-state index in [4.69, 9.17) is 4.74 Å².